The van der Waals surface area contributed by atoms with Gasteiger partial charge in [0.15, 0.2) is 11.6 Å². The second-order valence-corrected chi connectivity index (χ2v) is 4.05. The van der Waals surface area contributed by atoms with Crippen LogP contribution in [0.2, 0.25) is 0 Å². The first-order chi connectivity index (χ1) is 9.66. The molecule has 3 nitrogen and oxygen atoms in total. The average Bonchev–Trinajstić information content (AvgIpc) is 2.47. The van der Waals surface area contributed by atoms with Crippen molar-refractivity contribution in [2.45, 2.75) is 0 Å². The van der Waals surface area contributed by atoms with Crippen molar-refractivity contribution in [3.8, 4) is 5.75 Å². The Labute approximate surface area is 115 Å². The number of rotatable bonds is 5. The van der Waals surface area contributed by atoms with Crippen LogP contribution in [0.5, 0.6) is 5.75 Å². The highest BCUT2D eigenvalue weighted by Crippen LogP contribution is 2.09. The maximum Gasteiger partial charge on any atom is 0.251 e. The molecule has 0 saturated heterocycles. The van der Waals surface area contributed by atoms with Crippen LogP contribution < -0.4 is 10.1 Å². The summed E-state index contributed by atoms with van der Waals surface area (Å²) in [7, 11) is 0. The monoisotopic (exact) mass is 277 g/mol. The predicted molar refractivity (Wildman–Crippen MR) is 70.6 cm³/mol. The second kappa shape index (κ2) is 6.65. The van der Waals surface area contributed by atoms with E-state index in [1.807, 2.05) is 18.2 Å². The molecule has 20 heavy (non-hydrogen) atoms. The van der Waals surface area contributed by atoms with Gasteiger partial charge in [-0.1, -0.05) is 18.2 Å². The Balaban J connectivity index is 1.79. The number of carbonyl (C=O) groups is 1. The van der Waals surface area contributed by atoms with E-state index in [4.69, 9.17) is 4.74 Å². The number of nitrogens with one attached hydrogen (secondary N) is 1. The van der Waals surface area contributed by atoms with Crippen LogP contribution in [0.1, 0.15) is 10.4 Å². The molecule has 5 heteroatoms. The van der Waals surface area contributed by atoms with E-state index in [1.54, 1.807) is 12.1 Å². The molecule has 1 amide bonds. The molecule has 2 rings (SSSR count). The molecule has 0 aliphatic heterocycles. The van der Waals surface area contributed by atoms with Gasteiger partial charge in [-0.15, -0.1) is 0 Å². The maximum absolute atomic E-state index is 13.0. The molecule has 0 atom stereocenters. The second-order valence-electron chi connectivity index (χ2n) is 4.05. The number of hydrogen-bond acceptors (Lipinski definition) is 2. The Morgan fingerprint density at radius 2 is 1.80 bits per heavy atom. The standard InChI is InChI=1S/C15H13F2NO2/c16-13-7-6-11(10-14(13)17)15(19)18-8-9-20-12-4-2-1-3-5-12/h1-7,10H,8-9H2,(H,18,19). The molecule has 0 saturated carbocycles. The molecule has 104 valence electrons. The molecule has 2 aromatic rings. The van der Waals surface area contributed by atoms with Crippen LogP contribution in [0.4, 0.5) is 8.78 Å². The van der Waals surface area contributed by atoms with Crippen LogP contribution in [0.3, 0.4) is 0 Å². The van der Waals surface area contributed by atoms with E-state index in [2.05, 4.69) is 5.32 Å². The van der Waals surface area contributed by atoms with E-state index in [1.165, 1.54) is 6.07 Å². The Hall–Kier alpha value is -2.43. The minimum absolute atomic E-state index is 0.0728. The Bertz CT molecular complexity index is 588. The van der Waals surface area contributed by atoms with Gasteiger partial charge in [-0.25, -0.2) is 8.78 Å². The highest BCUT2D eigenvalue weighted by Gasteiger charge is 2.08. The zero-order valence-electron chi connectivity index (χ0n) is 10.6. The molecule has 0 radical (unpaired) electrons. The van der Waals surface area contributed by atoms with Crippen molar-refractivity contribution >= 4 is 5.91 Å². The van der Waals surface area contributed by atoms with E-state index in [0.29, 0.717) is 12.4 Å². The number of hydrogen-bond donors (Lipinski definition) is 1. The van der Waals surface area contributed by atoms with Crippen molar-refractivity contribution in [3.05, 3.63) is 65.7 Å². The molecule has 0 unspecified atom stereocenters. The summed E-state index contributed by atoms with van der Waals surface area (Å²) in [4.78, 5) is 11.7. The van der Waals surface area contributed by atoms with Crippen LogP contribution in [0.25, 0.3) is 0 Å². The smallest absolute Gasteiger partial charge is 0.251 e. The van der Waals surface area contributed by atoms with Gasteiger partial charge in [-0.2, -0.15) is 0 Å². The summed E-state index contributed by atoms with van der Waals surface area (Å²) in [5, 5.41) is 2.56. The van der Waals surface area contributed by atoms with E-state index < -0.39 is 17.5 Å². The minimum Gasteiger partial charge on any atom is -0.492 e. The number of para-hydroxylation sites is 1. The van der Waals surface area contributed by atoms with Gasteiger partial charge in [0.1, 0.15) is 12.4 Å². The molecule has 1 N–H and O–H groups in total. The molecular formula is C15H13F2NO2. The fraction of sp³-hybridized carbons (Fsp3) is 0.133. The average molecular weight is 277 g/mol. The summed E-state index contributed by atoms with van der Waals surface area (Å²) in [6.45, 7) is 0.562. The van der Waals surface area contributed by atoms with Gasteiger partial charge in [0.25, 0.3) is 5.91 Å². The maximum atomic E-state index is 13.0. The largest absolute Gasteiger partial charge is 0.492 e. The Morgan fingerprint density at radius 1 is 1.05 bits per heavy atom. The lowest BCUT2D eigenvalue weighted by molar-refractivity contribution is 0.0946. The third-order valence-electron chi connectivity index (χ3n) is 2.58. The van der Waals surface area contributed by atoms with Crippen LogP contribution >= 0.6 is 0 Å². The highest BCUT2D eigenvalue weighted by atomic mass is 19.2. The summed E-state index contributed by atoms with van der Waals surface area (Å²) < 4.78 is 31.1. The first-order valence-electron chi connectivity index (χ1n) is 6.08. The first-order valence-corrected chi connectivity index (χ1v) is 6.08. The lowest BCUT2D eigenvalue weighted by atomic mass is 10.2. The van der Waals surface area contributed by atoms with E-state index >= 15 is 0 Å². The summed E-state index contributed by atoms with van der Waals surface area (Å²) >= 11 is 0. The topological polar surface area (TPSA) is 38.3 Å². The number of carbonyl (C=O) groups excluding carboxylic acids is 1. The fourth-order valence-electron chi connectivity index (χ4n) is 1.59. The van der Waals surface area contributed by atoms with Gasteiger partial charge in [0, 0.05) is 5.56 Å². The van der Waals surface area contributed by atoms with Crippen molar-refractivity contribution in [1.29, 1.82) is 0 Å². The molecule has 0 bridgehead atoms. The molecule has 2 aromatic carbocycles. The third kappa shape index (κ3) is 3.78. The van der Waals surface area contributed by atoms with Crippen molar-refractivity contribution < 1.29 is 18.3 Å². The molecule has 0 fully saturated rings. The predicted octanol–water partition coefficient (Wildman–Crippen LogP) is 2.77. The third-order valence-corrected chi connectivity index (χ3v) is 2.58. The summed E-state index contributed by atoms with van der Waals surface area (Å²) in [6, 6.07) is 12.2. The van der Waals surface area contributed by atoms with Crippen molar-refractivity contribution in [2.24, 2.45) is 0 Å². The van der Waals surface area contributed by atoms with Crippen molar-refractivity contribution in [2.75, 3.05) is 13.2 Å². The molecule has 0 heterocycles. The minimum atomic E-state index is -1.04. The lowest BCUT2D eigenvalue weighted by Gasteiger charge is -2.07. The summed E-state index contributed by atoms with van der Waals surface area (Å²) in [6.07, 6.45) is 0. The summed E-state index contributed by atoms with van der Waals surface area (Å²) in [5.41, 5.74) is 0.0728. The summed E-state index contributed by atoms with van der Waals surface area (Å²) in [5.74, 6) is -1.79. The lowest BCUT2D eigenvalue weighted by Crippen LogP contribution is -2.28. The van der Waals surface area contributed by atoms with Gasteiger partial charge in [0.2, 0.25) is 0 Å². The van der Waals surface area contributed by atoms with Gasteiger partial charge < -0.3 is 10.1 Å². The van der Waals surface area contributed by atoms with Gasteiger partial charge in [0.05, 0.1) is 6.54 Å². The molecule has 0 spiro atoms. The molecule has 0 aliphatic carbocycles. The Kier molecular flexibility index (Phi) is 4.65. The van der Waals surface area contributed by atoms with Crippen molar-refractivity contribution in [1.82, 2.24) is 5.32 Å². The normalized spacial score (nSPS) is 10.1. The van der Waals surface area contributed by atoms with Crippen LogP contribution in [-0.4, -0.2) is 19.1 Å². The van der Waals surface area contributed by atoms with Gasteiger partial charge in [-0.3, -0.25) is 4.79 Å². The SMILES string of the molecule is O=C(NCCOc1ccccc1)c1ccc(F)c(F)c1. The van der Waals surface area contributed by atoms with Crippen LogP contribution in [-0.2, 0) is 0 Å². The van der Waals surface area contributed by atoms with E-state index in [0.717, 1.165) is 12.1 Å². The molecular weight excluding hydrogens is 264 g/mol. The zero-order chi connectivity index (χ0) is 14.4. The van der Waals surface area contributed by atoms with Gasteiger partial charge >= 0.3 is 0 Å². The molecule has 0 aromatic heterocycles. The highest BCUT2D eigenvalue weighted by molar-refractivity contribution is 5.94. The van der Waals surface area contributed by atoms with Crippen LogP contribution in [0, 0.1) is 11.6 Å². The number of ether oxygens (including phenoxy) is 1. The van der Waals surface area contributed by atoms with E-state index in [9.17, 15) is 13.6 Å². The molecule has 0 aliphatic rings. The van der Waals surface area contributed by atoms with E-state index in [-0.39, 0.29) is 12.1 Å². The van der Waals surface area contributed by atoms with Crippen LogP contribution in [0.15, 0.2) is 48.5 Å². The zero-order valence-corrected chi connectivity index (χ0v) is 10.6. The van der Waals surface area contributed by atoms with Gasteiger partial charge in [-0.05, 0) is 30.3 Å². The number of benzene rings is 2. The first kappa shape index (κ1) is 14.0. The fourth-order valence-corrected chi connectivity index (χ4v) is 1.59. The quantitative estimate of drug-likeness (QED) is 0.853. The Morgan fingerprint density at radius 3 is 2.50 bits per heavy atom. The number of amides is 1. The van der Waals surface area contributed by atoms with Crippen molar-refractivity contribution in [3.63, 3.8) is 0 Å². The number of halogens is 2.